The zero-order valence-corrected chi connectivity index (χ0v) is 15.7. The number of fused-ring (bicyclic) bond motifs is 4. The van der Waals surface area contributed by atoms with Crippen molar-refractivity contribution < 1.29 is 0 Å². The minimum atomic E-state index is 1.27. The third-order valence-corrected chi connectivity index (χ3v) is 5.55. The van der Waals surface area contributed by atoms with Crippen LogP contribution in [0, 0.1) is 3.57 Å². The number of hydrogen-bond donors (Lipinski definition) is 0. The predicted molar refractivity (Wildman–Crippen MR) is 117 cm³/mol. The van der Waals surface area contributed by atoms with Gasteiger partial charge in [-0.1, -0.05) is 66.7 Å². The first kappa shape index (κ1) is 14.9. The Hall–Kier alpha value is -2.39. The molecule has 0 amide bonds. The van der Waals surface area contributed by atoms with Crippen LogP contribution in [0.25, 0.3) is 43.4 Å². The second-order valence-corrected chi connectivity index (χ2v) is 7.67. The summed E-state index contributed by atoms with van der Waals surface area (Å²) in [5, 5.41) is 7.80. The lowest BCUT2D eigenvalue weighted by atomic mass is 9.96. The normalized spacial score (nSPS) is 11.4. The van der Waals surface area contributed by atoms with Gasteiger partial charge in [-0.2, -0.15) is 0 Å². The second-order valence-electron chi connectivity index (χ2n) is 6.43. The maximum atomic E-state index is 2.36. The van der Waals surface area contributed by atoms with E-state index in [1.165, 1.54) is 47.0 Å². The van der Waals surface area contributed by atoms with Gasteiger partial charge in [-0.05, 0) is 90.3 Å². The summed E-state index contributed by atoms with van der Waals surface area (Å²) in [4.78, 5) is 0. The van der Waals surface area contributed by atoms with Crippen LogP contribution in [0.4, 0.5) is 0 Å². The van der Waals surface area contributed by atoms with Gasteiger partial charge in [-0.3, -0.25) is 0 Å². The average Bonchev–Trinajstić information content (AvgIpc) is 2.67. The Kier molecular flexibility index (Phi) is 3.49. The van der Waals surface area contributed by atoms with Crippen LogP contribution >= 0.6 is 22.6 Å². The topological polar surface area (TPSA) is 0 Å². The highest BCUT2D eigenvalue weighted by molar-refractivity contribution is 14.1. The standard InChI is InChI=1S/C24H15I/c25-22-11-9-18-13-17(6-7-20(18)15-22)19-10-12-24-21(14-19)8-5-16-3-1-2-4-23(16)24/h1-15H. The summed E-state index contributed by atoms with van der Waals surface area (Å²) in [5.74, 6) is 0. The maximum Gasteiger partial charge on any atom is 0.0136 e. The number of halogens is 1. The van der Waals surface area contributed by atoms with Gasteiger partial charge >= 0.3 is 0 Å². The van der Waals surface area contributed by atoms with Crippen molar-refractivity contribution in [1.29, 1.82) is 0 Å². The molecule has 0 spiro atoms. The molecule has 0 unspecified atom stereocenters. The molecule has 0 aliphatic heterocycles. The van der Waals surface area contributed by atoms with Crippen LogP contribution in [-0.2, 0) is 0 Å². The molecule has 0 N–H and O–H groups in total. The van der Waals surface area contributed by atoms with E-state index in [2.05, 4.69) is 114 Å². The quantitative estimate of drug-likeness (QED) is 0.192. The zero-order chi connectivity index (χ0) is 16.8. The minimum absolute atomic E-state index is 1.27. The fourth-order valence-electron chi connectivity index (χ4n) is 3.59. The van der Waals surface area contributed by atoms with Crippen molar-refractivity contribution in [3.63, 3.8) is 0 Å². The number of rotatable bonds is 1. The van der Waals surface area contributed by atoms with Crippen molar-refractivity contribution in [1.82, 2.24) is 0 Å². The molecular weight excluding hydrogens is 415 g/mol. The molecule has 5 aromatic rings. The fourth-order valence-corrected chi connectivity index (χ4v) is 4.10. The lowest BCUT2D eigenvalue weighted by Crippen LogP contribution is -1.82. The third kappa shape index (κ3) is 2.59. The third-order valence-electron chi connectivity index (χ3n) is 4.88. The molecule has 0 aromatic heterocycles. The molecule has 0 fully saturated rings. The maximum absolute atomic E-state index is 2.36. The van der Waals surface area contributed by atoms with E-state index in [9.17, 15) is 0 Å². The van der Waals surface area contributed by atoms with Crippen molar-refractivity contribution in [2.45, 2.75) is 0 Å². The summed E-state index contributed by atoms with van der Waals surface area (Å²) in [6, 6.07) is 33.1. The van der Waals surface area contributed by atoms with Crippen LogP contribution in [0.15, 0.2) is 91.0 Å². The molecule has 5 rings (SSSR count). The summed E-state index contributed by atoms with van der Waals surface area (Å²) in [6.07, 6.45) is 0. The van der Waals surface area contributed by atoms with Gasteiger partial charge in [0.05, 0.1) is 0 Å². The van der Waals surface area contributed by atoms with Crippen LogP contribution in [0.2, 0.25) is 0 Å². The molecule has 0 aliphatic rings. The van der Waals surface area contributed by atoms with Crippen LogP contribution in [-0.4, -0.2) is 0 Å². The van der Waals surface area contributed by atoms with Crippen LogP contribution in [0.5, 0.6) is 0 Å². The van der Waals surface area contributed by atoms with E-state index in [4.69, 9.17) is 0 Å². The molecule has 5 aromatic carbocycles. The number of benzene rings is 5. The van der Waals surface area contributed by atoms with Gasteiger partial charge in [0.2, 0.25) is 0 Å². The summed E-state index contributed by atoms with van der Waals surface area (Å²) < 4.78 is 1.27. The van der Waals surface area contributed by atoms with Crippen molar-refractivity contribution in [3.05, 3.63) is 94.6 Å². The lowest BCUT2D eigenvalue weighted by Gasteiger charge is -2.08. The first-order chi connectivity index (χ1) is 12.3. The zero-order valence-electron chi connectivity index (χ0n) is 13.5. The summed E-state index contributed by atoms with van der Waals surface area (Å²) in [7, 11) is 0. The van der Waals surface area contributed by atoms with E-state index in [1.807, 2.05) is 0 Å². The summed E-state index contributed by atoms with van der Waals surface area (Å²) >= 11 is 2.36. The van der Waals surface area contributed by atoms with Gasteiger partial charge in [0, 0.05) is 3.57 Å². The van der Waals surface area contributed by atoms with Gasteiger partial charge in [0.1, 0.15) is 0 Å². The van der Waals surface area contributed by atoms with E-state index in [-0.39, 0.29) is 0 Å². The van der Waals surface area contributed by atoms with Crippen LogP contribution in [0.3, 0.4) is 0 Å². The Labute approximate surface area is 160 Å². The Balaban J connectivity index is 1.70. The Bertz CT molecular complexity index is 1250. The SMILES string of the molecule is Ic1ccc2cc(-c3ccc4c(ccc5ccccc54)c3)ccc2c1. The largest absolute Gasteiger partial charge is 0.0616 e. The Morgan fingerprint density at radius 3 is 1.96 bits per heavy atom. The molecule has 0 atom stereocenters. The molecule has 1 heteroatoms. The monoisotopic (exact) mass is 430 g/mol. The van der Waals surface area contributed by atoms with Gasteiger partial charge in [0.15, 0.2) is 0 Å². The highest BCUT2D eigenvalue weighted by Crippen LogP contribution is 2.31. The van der Waals surface area contributed by atoms with Crippen molar-refractivity contribution in [3.8, 4) is 11.1 Å². The van der Waals surface area contributed by atoms with E-state index in [0.29, 0.717) is 0 Å². The molecule has 0 radical (unpaired) electrons. The van der Waals surface area contributed by atoms with Gasteiger partial charge in [-0.15, -0.1) is 0 Å². The lowest BCUT2D eigenvalue weighted by molar-refractivity contribution is 1.66. The van der Waals surface area contributed by atoms with Gasteiger partial charge in [-0.25, -0.2) is 0 Å². The van der Waals surface area contributed by atoms with Crippen molar-refractivity contribution >= 4 is 54.9 Å². The molecule has 0 aliphatic carbocycles. The highest BCUT2D eigenvalue weighted by atomic mass is 127. The van der Waals surface area contributed by atoms with Gasteiger partial charge < -0.3 is 0 Å². The average molecular weight is 430 g/mol. The first-order valence-electron chi connectivity index (χ1n) is 8.39. The van der Waals surface area contributed by atoms with Crippen molar-refractivity contribution in [2.75, 3.05) is 0 Å². The summed E-state index contributed by atoms with van der Waals surface area (Å²) in [6.45, 7) is 0. The highest BCUT2D eigenvalue weighted by Gasteiger charge is 2.04. The molecule has 25 heavy (non-hydrogen) atoms. The van der Waals surface area contributed by atoms with Crippen molar-refractivity contribution in [2.24, 2.45) is 0 Å². The number of hydrogen-bond acceptors (Lipinski definition) is 0. The van der Waals surface area contributed by atoms with Crippen LogP contribution < -0.4 is 0 Å². The summed E-state index contributed by atoms with van der Waals surface area (Å²) in [5.41, 5.74) is 2.53. The van der Waals surface area contributed by atoms with Gasteiger partial charge in [0.25, 0.3) is 0 Å². The Morgan fingerprint density at radius 1 is 0.440 bits per heavy atom. The first-order valence-corrected chi connectivity index (χ1v) is 9.47. The molecule has 0 heterocycles. The molecule has 0 saturated carbocycles. The van der Waals surface area contributed by atoms with E-state index >= 15 is 0 Å². The van der Waals surface area contributed by atoms with E-state index in [0.717, 1.165) is 0 Å². The predicted octanol–water partition coefficient (Wildman–Crippen LogP) is 7.42. The van der Waals surface area contributed by atoms with E-state index < -0.39 is 0 Å². The second kappa shape index (κ2) is 5.85. The smallest absolute Gasteiger partial charge is 0.0136 e. The fraction of sp³-hybridized carbons (Fsp3) is 0. The molecule has 0 nitrogen and oxygen atoms in total. The van der Waals surface area contributed by atoms with Crippen LogP contribution in [0.1, 0.15) is 0 Å². The molecule has 118 valence electrons. The molecule has 0 saturated heterocycles. The minimum Gasteiger partial charge on any atom is -0.0616 e. The molecular formula is C24H15I. The molecule has 0 bridgehead atoms. The van der Waals surface area contributed by atoms with E-state index in [1.54, 1.807) is 0 Å². The Morgan fingerprint density at radius 2 is 1.04 bits per heavy atom.